The van der Waals surface area contributed by atoms with E-state index in [9.17, 15) is 0 Å². The van der Waals surface area contributed by atoms with Crippen LogP contribution in [0.3, 0.4) is 0 Å². The van der Waals surface area contributed by atoms with Crippen LogP contribution in [0.25, 0.3) is 0 Å². The summed E-state index contributed by atoms with van der Waals surface area (Å²) in [5.74, 6) is 1.94. The Balaban J connectivity index is 2.18. The highest BCUT2D eigenvalue weighted by molar-refractivity contribution is 5.36. The zero-order valence-electron chi connectivity index (χ0n) is 10.7. The molecule has 0 heterocycles. The van der Waals surface area contributed by atoms with Gasteiger partial charge in [-0.25, -0.2) is 0 Å². The third kappa shape index (κ3) is 0.990. The first-order valence-electron chi connectivity index (χ1n) is 6.69. The van der Waals surface area contributed by atoms with E-state index < -0.39 is 0 Å². The van der Waals surface area contributed by atoms with Crippen LogP contribution in [-0.4, -0.2) is 0 Å². The van der Waals surface area contributed by atoms with Crippen molar-refractivity contribution < 1.29 is 0 Å². The number of hydrogen-bond donors (Lipinski definition) is 0. The molecule has 0 nitrogen and oxygen atoms in total. The molecule has 84 valence electrons. The number of hydrogen-bond acceptors (Lipinski definition) is 0. The summed E-state index contributed by atoms with van der Waals surface area (Å²) in [7, 11) is 0. The molecule has 0 aromatic rings. The topological polar surface area (TPSA) is 0 Å². The highest BCUT2D eigenvalue weighted by atomic mass is 14.6. The standard InChI is InChI=1S/C15H24/c1-10-5-6-13-11(2)14(3,4)12-7-8-15(10,13)9-12/h10,12H,5-9H2,1-4H3/t10-,12+,15+/m0/s1. The first kappa shape index (κ1) is 9.93. The van der Waals surface area contributed by atoms with E-state index in [0.29, 0.717) is 10.8 Å². The molecule has 0 amide bonds. The van der Waals surface area contributed by atoms with Crippen molar-refractivity contribution in [2.45, 2.75) is 59.8 Å². The molecular weight excluding hydrogens is 180 g/mol. The van der Waals surface area contributed by atoms with E-state index in [-0.39, 0.29) is 0 Å². The Morgan fingerprint density at radius 1 is 1.20 bits per heavy atom. The summed E-state index contributed by atoms with van der Waals surface area (Å²) in [5.41, 5.74) is 4.82. The molecule has 0 radical (unpaired) electrons. The van der Waals surface area contributed by atoms with Crippen LogP contribution in [0.5, 0.6) is 0 Å². The van der Waals surface area contributed by atoms with E-state index in [1.807, 2.05) is 5.57 Å². The Morgan fingerprint density at radius 3 is 2.67 bits per heavy atom. The first-order valence-corrected chi connectivity index (χ1v) is 6.69. The molecule has 1 spiro atoms. The van der Waals surface area contributed by atoms with Crippen LogP contribution >= 0.6 is 0 Å². The lowest BCUT2D eigenvalue weighted by molar-refractivity contribution is 0.183. The van der Waals surface area contributed by atoms with Gasteiger partial charge in [0.15, 0.2) is 0 Å². The van der Waals surface area contributed by atoms with Crippen molar-refractivity contribution >= 4 is 0 Å². The molecule has 0 aromatic heterocycles. The molecule has 0 saturated heterocycles. The van der Waals surface area contributed by atoms with Crippen molar-refractivity contribution in [3.05, 3.63) is 11.1 Å². The van der Waals surface area contributed by atoms with E-state index in [0.717, 1.165) is 11.8 Å². The molecular formula is C15H24. The van der Waals surface area contributed by atoms with Crippen LogP contribution in [0.1, 0.15) is 59.8 Å². The summed E-state index contributed by atoms with van der Waals surface area (Å²) in [4.78, 5) is 0. The molecule has 0 aromatic carbocycles. The number of allylic oxidation sites excluding steroid dienone is 2. The average Bonchev–Trinajstić information content (AvgIpc) is 2.72. The van der Waals surface area contributed by atoms with Crippen molar-refractivity contribution in [1.29, 1.82) is 0 Å². The maximum Gasteiger partial charge on any atom is -0.00565 e. The van der Waals surface area contributed by atoms with Gasteiger partial charge < -0.3 is 0 Å². The van der Waals surface area contributed by atoms with E-state index >= 15 is 0 Å². The molecule has 2 fully saturated rings. The van der Waals surface area contributed by atoms with Gasteiger partial charge >= 0.3 is 0 Å². The molecule has 2 bridgehead atoms. The van der Waals surface area contributed by atoms with Gasteiger partial charge in [0.05, 0.1) is 0 Å². The van der Waals surface area contributed by atoms with Crippen LogP contribution in [0.2, 0.25) is 0 Å². The molecule has 0 aliphatic heterocycles. The van der Waals surface area contributed by atoms with E-state index in [1.165, 1.54) is 32.1 Å². The second-order valence-electron chi connectivity index (χ2n) is 6.86. The SMILES string of the molecule is CC1=C2CC[C@H](C)[C@]23CC[C@H](C3)C1(C)C. The molecule has 3 aliphatic rings. The summed E-state index contributed by atoms with van der Waals surface area (Å²) in [6.07, 6.45) is 7.35. The maximum absolute atomic E-state index is 2.50. The lowest BCUT2D eigenvalue weighted by Gasteiger charge is -2.44. The Bertz CT molecular complexity index is 334. The summed E-state index contributed by atoms with van der Waals surface area (Å²) in [6.45, 7) is 9.90. The Morgan fingerprint density at radius 2 is 1.93 bits per heavy atom. The third-order valence-corrected chi connectivity index (χ3v) is 6.36. The lowest BCUT2D eigenvalue weighted by Crippen LogP contribution is -2.34. The number of fused-ring (bicyclic) bond motifs is 1. The smallest absolute Gasteiger partial charge is 0.00565 e. The van der Waals surface area contributed by atoms with Crippen LogP contribution in [-0.2, 0) is 0 Å². The normalized spacial score (nSPS) is 47.2. The number of rotatable bonds is 0. The minimum absolute atomic E-state index is 0.499. The van der Waals surface area contributed by atoms with Gasteiger partial charge in [-0.15, -0.1) is 0 Å². The molecule has 15 heavy (non-hydrogen) atoms. The van der Waals surface area contributed by atoms with Gasteiger partial charge in [0.2, 0.25) is 0 Å². The van der Waals surface area contributed by atoms with Crippen molar-refractivity contribution in [3.63, 3.8) is 0 Å². The second kappa shape index (κ2) is 2.70. The fourth-order valence-electron chi connectivity index (χ4n) is 4.85. The van der Waals surface area contributed by atoms with Crippen LogP contribution in [0.4, 0.5) is 0 Å². The van der Waals surface area contributed by atoms with Crippen molar-refractivity contribution in [1.82, 2.24) is 0 Å². The van der Waals surface area contributed by atoms with Gasteiger partial charge in [-0.1, -0.05) is 31.9 Å². The van der Waals surface area contributed by atoms with E-state index in [4.69, 9.17) is 0 Å². The van der Waals surface area contributed by atoms with Gasteiger partial charge in [0.1, 0.15) is 0 Å². The second-order valence-corrected chi connectivity index (χ2v) is 6.86. The summed E-state index contributed by atoms with van der Waals surface area (Å²) < 4.78 is 0. The van der Waals surface area contributed by atoms with Crippen molar-refractivity contribution in [2.24, 2.45) is 22.7 Å². The monoisotopic (exact) mass is 204 g/mol. The lowest BCUT2D eigenvalue weighted by atomic mass is 9.61. The molecule has 3 atom stereocenters. The first-order chi connectivity index (χ1) is 6.98. The van der Waals surface area contributed by atoms with Gasteiger partial charge in [0, 0.05) is 0 Å². The van der Waals surface area contributed by atoms with Crippen LogP contribution in [0.15, 0.2) is 11.1 Å². The molecule has 3 rings (SSSR count). The minimum atomic E-state index is 0.499. The quantitative estimate of drug-likeness (QED) is 0.507. The predicted octanol–water partition coefficient (Wildman–Crippen LogP) is 4.56. The van der Waals surface area contributed by atoms with E-state index in [2.05, 4.69) is 27.7 Å². The fourth-order valence-corrected chi connectivity index (χ4v) is 4.85. The maximum atomic E-state index is 2.50. The fraction of sp³-hybridized carbons (Fsp3) is 0.867. The highest BCUT2D eigenvalue weighted by Gasteiger charge is 2.56. The summed E-state index contributed by atoms with van der Waals surface area (Å²) >= 11 is 0. The summed E-state index contributed by atoms with van der Waals surface area (Å²) in [6, 6.07) is 0. The van der Waals surface area contributed by atoms with Gasteiger partial charge in [0.25, 0.3) is 0 Å². The van der Waals surface area contributed by atoms with Crippen molar-refractivity contribution in [3.8, 4) is 0 Å². The molecule has 3 aliphatic carbocycles. The van der Waals surface area contributed by atoms with Gasteiger partial charge in [-0.3, -0.25) is 0 Å². The highest BCUT2D eigenvalue weighted by Crippen LogP contribution is 2.67. The predicted molar refractivity (Wildman–Crippen MR) is 64.7 cm³/mol. The Labute approximate surface area is 94.1 Å². The zero-order chi connectivity index (χ0) is 10.8. The summed E-state index contributed by atoms with van der Waals surface area (Å²) in [5, 5.41) is 0. The zero-order valence-corrected chi connectivity index (χ0v) is 10.7. The van der Waals surface area contributed by atoms with Crippen LogP contribution < -0.4 is 0 Å². The molecule has 0 N–H and O–H groups in total. The van der Waals surface area contributed by atoms with Crippen molar-refractivity contribution in [2.75, 3.05) is 0 Å². The molecule has 0 heteroatoms. The Kier molecular flexibility index (Phi) is 1.79. The molecule has 2 saturated carbocycles. The van der Waals surface area contributed by atoms with Crippen LogP contribution in [0, 0.1) is 22.7 Å². The Hall–Kier alpha value is -0.260. The average molecular weight is 204 g/mol. The largest absolute Gasteiger partial charge is 0.0676 e. The third-order valence-electron chi connectivity index (χ3n) is 6.36. The minimum Gasteiger partial charge on any atom is -0.0676 e. The van der Waals surface area contributed by atoms with Gasteiger partial charge in [-0.05, 0) is 61.7 Å². The molecule has 0 unspecified atom stereocenters. The van der Waals surface area contributed by atoms with Gasteiger partial charge in [-0.2, -0.15) is 0 Å². The van der Waals surface area contributed by atoms with E-state index in [1.54, 1.807) is 5.57 Å².